The normalized spacial score (nSPS) is 22.3. The van der Waals surface area contributed by atoms with Crippen molar-refractivity contribution < 1.29 is 27.2 Å². The van der Waals surface area contributed by atoms with Crippen molar-refractivity contribution in [2.45, 2.75) is 0 Å². The largest absolute Gasteiger partial charge is 1.00 e. The number of likely N-dealkylation sites (N-methyl/N-ethyl adjacent to an activating group) is 1. The van der Waals surface area contributed by atoms with E-state index >= 15 is 0 Å². The molecule has 0 saturated carbocycles. The lowest BCUT2D eigenvalue weighted by Gasteiger charge is -2.42. The number of hydrazine groups is 1. The molecule has 7 heteroatoms. The van der Waals surface area contributed by atoms with Gasteiger partial charge >= 0.3 is 0 Å². The molecule has 15 heavy (non-hydrogen) atoms. The quantitative estimate of drug-likeness (QED) is 0.471. The first kappa shape index (κ1) is 14.2. The Hall–Kier alpha value is -0.820. The number of hydrogen-bond donors (Lipinski definition) is 1. The number of nitrogens with one attached hydrogen (secondary N) is 1. The van der Waals surface area contributed by atoms with Crippen molar-refractivity contribution in [1.29, 1.82) is 0 Å². The van der Waals surface area contributed by atoms with Gasteiger partial charge in [0.2, 0.25) is 0 Å². The molecule has 0 aromatic carbocycles. The zero-order valence-electron chi connectivity index (χ0n) is 8.69. The Kier molecular flexibility index (Phi) is 5.59. The van der Waals surface area contributed by atoms with Crippen LogP contribution in [0.4, 0.5) is 0 Å². The Morgan fingerprint density at radius 2 is 2.07 bits per heavy atom. The second-order valence-corrected chi connectivity index (χ2v) is 3.44. The van der Waals surface area contributed by atoms with E-state index in [9.17, 15) is 0 Å². The van der Waals surface area contributed by atoms with Crippen LogP contribution >= 0.6 is 0 Å². The first-order chi connectivity index (χ1) is 6.31. The standard InChI is InChI=1S/C8H15N4O.ClH.H2O/c1-12(5-7-13-8-6-12)11-9-3-2-4-10-11;;/h2-4,9H,5-8H2,1H3;1H;1H2/q+1;;/p-1. The maximum absolute atomic E-state index is 5.32. The molecule has 0 bridgehead atoms. The van der Waals surface area contributed by atoms with Gasteiger partial charge in [0.1, 0.15) is 13.1 Å². The van der Waals surface area contributed by atoms with E-state index in [1.807, 2.05) is 17.5 Å². The highest BCUT2D eigenvalue weighted by atomic mass is 35.5. The number of halogens is 1. The van der Waals surface area contributed by atoms with E-state index in [2.05, 4.69) is 17.6 Å². The second kappa shape index (κ2) is 5.92. The number of quaternary nitrogens is 1. The van der Waals surface area contributed by atoms with E-state index in [4.69, 9.17) is 4.74 Å². The molecule has 88 valence electrons. The Labute approximate surface area is 95.4 Å². The Bertz CT molecular complexity index is 241. The predicted molar refractivity (Wildman–Crippen MR) is 53.0 cm³/mol. The number of allylic oxidation sites excluding steroid dienone is 1. The molecule has 0 atom stereocenters. The van der Waals surface area contributed by atoms with Crippen molar-refractivity contribution >= 4 is 6.21 Å². The minimum absolute atomic E-state index is 0. The SMILES string of the molecule is C[N+]1(N2N=CC=CN2)CCOCC1.O.[Cl-]. The molecule has 0 unspecified atom stereocenters. The molecule has 2 aliphatic rings. The van der Waals surface area contributed by atoms with Gasteiger partial charge in [-0.2, -0.15) is 4.59 Å². The van der Waals surface area contributed by atoms with Gasteiger partial charge in [-0.1, -0.05) is 0 Å². The van der Waals surface area contributed by atoms with Crippen LogP contribution in [0.3, 0.4) is 0 Å². The van der Waals surface area contributed by atoms with Crippen LogP contribution in [0.1, 0.15) is 0 Å². The lowest BCUT2D eigenvalue weighted by molar-refractivity contribution is -1.03. The monoisotopic (exact) mass is 236 g/mol. The van der Waals surface area contributed by atoms with Gasteiger partial charge in [-0.15, -0.1) is 5.10 Å². The van der Waals surface area contributed by atoms with Gasteiger partial charge in [-0.3, -0.25) is 0 Å². The van der Waals surface area contributed by atoms with Gasteiger partial charge in [0.15, 0.2) is 0 Å². The van der Waals surface area contributed by atoms with Crippen molar-refractivity contribution in [3.63, 3.8) is 0 Å². The summed E-state index contributed by atoms with van der Waals surface area (Å²) in [4.78, 5) is 0. The van der Waals surface area contributed by atoms with Gasteiger partial charge in [0.05, 0.1) is 26.5 Å². The van der Waals surface area contributed by atoms with E-state index in [1.165, 1.54) is 0 Å². The van der Waals surface area contributed by atoms with Crippen LogP contribution in [0.2, 0.25) is 0 Å². The maximum atomic E-state index is 5.32. The van der Waals surface area contributed by atoms with Crippen LogP contribution in [0.15, 0.2) is 17.4 Å². The van der Waals surface area contributed by atoms with Crippen LogP contribution < -0.4 is 17.8 Å². The Morgan fingerprint density at radius 3 is 2.60 bits per heavy atom. The summed E-state index contributed by atoms with van der Waals surface area (Å²) in [5.74, 6) is 0. The average molecular weight is 237 g/mol. The zero-order valence-corrected chi connectivity index (χ0v) is 9.44. The van der Waals surface area contributed by atoms with Crippen molar-refractivity contribution in [2.75, 3.05) is 33.4 Å². The van der Waals surface area contributed by atoms with Crippen molar-refractivity contribution in [3.8, 4) is 0 Å². The summed E-state index contributed by atoms with van der Waals surface area (Å²) in [6, 6.07) is 0. The molecule has 0 radical (unpaired) electrons. The van der Waals surface area contributed by atoms with E-state index in [0.717, 1.165) is 30.9 Å². The molecule has 0 aromatic rings. The van der Waals surface area contributed by atoms with Gasteiger partial charge in [-0.05, 0) is 11.3 Å². The minimum atomic E-state index is 0. The summed E-state index contributed by atoms with van der Waals surface area (Å²) in [6.45, 7) is 3.51. The van der Waals surface area contributed by atoms with Gasteiger partial charge < -0.3 is 22.6 Å². The van der Waals surface area contributed by atoms with Crippen LogP contribution in [-0.2, 0) is 4.74 Å². The molecular formula is C8H17ClN4O2. The molecule has 3 N–H and O–H groups in total. The number of nitrogens with zero attached hydrogens (tertiary/aromatic N) is 3. The minimum Gasteiger partial charge on any atom is -1.00 e. The van der Waals surface area contributed by atoms with Crippen molar-refractivity contribution in [1.82, 2.24) is 10.7 Å². The molecule has 6 nitrogen and oxygen atoms in total. The fraction of sp³-hybridized carbons (Fsp3) is 0.625. The lowest BCUT2D eigenvalue weighted by atomic mass is 10.4. The molecule has 2 heterocycles. The molecule has 0 aromatic heterocycles. The summed E-state index contributed by atoms with van der Waals surface area (Å²) in [7, 11) is 2.14. The molecular weight excluding hydrogens is 220 g/mol. The fourth-order valence-electron chi connectivity index (χ4n) is 1.48. The smallest absolute Gasteiger partial charge is 0.128 e. The number of ether oxygens (including phenoxy) is 1. The molecule has 0 aliphatic carbocycles. The molecule has 2 rings (SSSR count). The molecule has 0 amide bonds. The third-order valence-electron chi connectivity index (χ3n) is 2.44. The van der Waals surface area contributed by atoms with Gasteiger partial charge in [-0.25, -0.2) is 5.43 Å². The summed E-state index contributed by atoms with van der Waals surface area (Å²) in [6.07, 6.45) is 5.55. The van der Waals surface area contributed by atoms with E-state index in [0.29, 0.717) is 0 Å². The average Bonchev–Trinajstić information content (AvgIpc) is 2.20. The van der Waals surface area contributed by atoms with E-state index < -0.39 is 0 Å². The van der Waals surface area contributed by atoms with Gasteiger partial charge in [0.25, 0.3) is 0 Å². The molecule has 0 spiro atoms. The van der Waals surface area contributed by atoms with Crippen LogP contribution in [-0.4, -0.2) is 54.9 Å². The fourth-order valence-corrected chi connectivity index (χ4v) is 1.48. The van der Waals surface area contributed by atoms with E-state index in [1.54, 1.807) is 6.21 Å². The zero-order chi connectivity index (χ0) is 9.15. The second-order valence-electron chi connectivity index (χ2n) is 3.44. The first-order valence-corrected chi connectivity index (χ1v) is 4.49. The summed E-state index contributed by atoms with van der Waals surface area (Å²) in [5, 5.41) is 6.12. The summed E-state index contributed by atoms with van der Waals surface area (Å²) < 4.78 is 6.08. The Balaban J connectivity index is 0.000000980. The maximum Gasteiger partial charge on any atom is 0.128 e. The summed E-state index contributed by atoms with van der Waals surface area (Å²) in [5.41, 5.74) is 3.10. The highest BCUT2D eigenvalue weighted by Gasteiger charge is 2.32. The first-order valence-electron chi connectivity index (χ1n) is 4.49. The predicted octanol–water partition coefficient (Wildman–Crippen LogP) is -4.12. The highest BCUT2D eigenvalue weighted by molar-refractivity contribution is 5.70. The highest BCUT2D eigenvalue weighted by Crippen LogP contribution is 2.12. The van der Waals surface area contributed by atoms with Crippen molar-refractivity contribution in [2.24, 2.45) is 5.10 Å². The molecule has 2 aliphatic heterocycles. The number of hydrogen-bond acceptors (Lipinski definition) is 4. The third-order valence-corrected chi connectivity index (χ3v) is 2.44. The van der Waals surface area contributed by atoms with Gasteiger partial charge in [0, 0.05) is 6.20 Å². The third kappa shape index (κ3) is 3.07. The lowest BCUT2D eigenvalue weighted by Crippen LogP contribution is -3.00. The summed E-state index contributed by atoms with van der Waals surface area (Å²) >= 11 is 0. The number of hydrazone groups is 1. The Morgan fingerprint density at radius 1 is 1.40 bits per heavy atom. The van der Waals surface area contributed by atoms with E-state index in [-0.39, 0.29) is 17.9 Å². The van der Waals surface area contributed by atoms with Crippen molar-refractivity contribution in [3.05, 3.63) is 12.3 Å². The van der Waals surface area contributed by atoms with Crippen LogP contribution in [0.5, 0.6) is 0 Å². The molecule has 1 saturated heterocycles. The van der Waals surface area contributed by atoms with Crippen LogP contribution in [0.25, 0.3) is 0 Å². The number of morpholine rings is 1. The van der Waals surface area contributed by atoms with Crippen LogP contribution in [0, 0.1) is 0 Å². The topological polar surface area (TPSA) is 68.4 Å². The number of rotatable bonds is 1. The molecule has 1 fully saturated rings.